The average molecular weight is 221 g/mol. The largest absolute Gasteiger partial charge is 0.326 e. The highest BCUT2D eigenvalue weighted by molar-refractivity contribution is 5.15. The first kappa shape index (κ1) is 11.6. The molecule has 1 saturated carbocycles. The lowest BCUT2D eigenvalue weighted by Crippen LogP contribution is -2.19. The van der Waals surface area contributed by atoms with Crippen LogP contribution in [-0.4, -0.2) is 9.78 Å². The zero-order valence-corrected chi connectivity index (χ0v) is 10.4. The number of aromatic nitrogens is 2. The molecule has 0 bridgehead atoms. The summed E-state index contributed by atoms with van der Waals surface area (Å²) >= 11 is 0. The zero-order chi connectivity index (χ0) is 11.5. The van der Waals surface area contributed by atoms with Gasteiger partial charge in [-0.15, -0.1) is 0 Å². The second-order valence-corrected chi connectivity index (χ2v) is 5.02. The molecule has 2 unspecified atom stereocenters. The molecule has 1 aliphatic rings. The molecular weight excluding hydrogens is 198 g/mol. The third-order valence-corrected chi connectivity index (χ3v) is 3.94. The molecule has 1 aromatic rings. The first-order chi connectivity index (χ1) is 7.74. The Morgan fingerprint density at radius 1 is 1.50 bits per heavy atom. The summed E-state index contributed by atoms with van der Waals surface area (Å²) in [5.41, 5.74) is 7.99. The van der Waals surface area contributed by atoms with Crippen molar-refractivity contribution in [1.82, 2.24) is 9.78 Å². The molecular formula is C13H23N3. The van der Waals surface area contributed by atoms with Gasteiger partial charge in [0.1, 0.15) is 0 Å². The maximum Gasteiger partial charge on any atom is 0.0638 e. The van der Waals surface area contributed by atoms with Crippen LogP contribution in [0.2, 0.25) is 0 Å². The quantitative estimate of drug-likeness (QED) is 0.853. The molecule has 3 heteroatoms. The molecule has 0 aliphatic heterocycles. The predicted octanol–water partition coefficient (Wildman–Crippen LogP) is 2.79. The van der Waals surface area contributed by atoms with Crippen LogP contribution in [0.15, 0.2) is 6.20 Å². The zero-order valence-electron chi connectivity index (χ0n) is 10.4. The summed E-state index contributed by atoms with van der Waals surface area (Å²) in [5, 5.41) is 4.61. The Morgan fingerprint density at radius 3 is 2.94 bits per heavy atom. The molecule has 1 aromatic heterocycles. The molecule has 0 spiro atoms. The van der Waals surface area contributed by atoms with E-state index in [-0.39, 0.29) is 0 Å². The Labute approximate surface area is 98.0 Å². The fraction of sp³-hybridized carbons (Fsp3) is 0.769. The van der Waals surface area contributed by atoms with Crippen LogP contribution in [0.25, 0.3) is 0 Å². The van der Waals surface area contributed by atoms with Gasteiger partial charge < -0.3 is 5.73 Å². The molecule has 0 saturated heterocycles. The van der Waals surface area contributed by atoms with Gasteiger partial charge in [-0.25, -0.2) is 0 Å². The number of hydrogen-bond acceptors (Lipinski definition) is 2. The van der Waals surface area contributed by atoms with Crippen molar-refractivity contribution in [1.29, 1.82) is 0 Å². The standard InChI is InChI=1S/C13H23N3/c1-3-11-5-4-6-13(7-11)16-9-12(8-14)10(2)15-16/h9,11,13H,3-8,14H2,1-2H3. The van der Waals surface area contributed by atoms with Gasteiger partial charge in [-0.05, 0) is 25.7 Å². The van der Waals surface area contributed by atoms with E-state index < -0.39 is 0 Å². The molecule has 90 valence electrons. The minimum absolute atomic E-state index is 0.607. The van der Waals surface area contributed by atoms with Gasteiger partial charge in [-0.1, -0.05) is 26.2 Å². The summed E-state index contributed by atoms with van der Waals surface area (Å²) in [5.74, 6) is 0.893. The average Bonchev–Trinajstić information content (AvgIpc) is 2.71. The summed E-state index contributed by atoms with van der Waals surface area (Å²) in [6.07, 6.45) is 8.78. The number of hydrogen-bond donors (Lipinski definition) is 1. The summed E-state index contributed by atoms with van der Waals surface area (Å²) in [6, 6.07) is 0.609. The fourth-order valence-corrected chi connectivity index (χ4v) is 2.78. The van der Waals surface area contributed by atoms with Crippen LogP contribution < -0.4 is 5.73 Å². The summed E-state index contributed by atoms with van der Waals surface area (Å²) < 4.78 is 2.17. The lowest BCUT2D eigenvalue weighted by atomic mass is 9.84. The molecule has 0 aromatic carbocycles. The van der Waals surface area contributed by atoms with Crippen molar-refractivity contribution in [2.45, 2.75) is 58.5 Å². The Bertz CT molecular complexity index is 343. The third kappa shape index (κ3) is 2.29. The van der Waals surface area contributed by atoms with Crippen molar-refractivity contribution < 1.29 is 0 Å². The maximum absolute atomic E-state index is 5.69. The van der Waals surface area contributed by atoms with E-state index in [0.29, 0.717) is 12.6 Å². The SMILES string of the molecule is CCC1CCCC(n2cc(CN)c(C)n2)C1. The summed E-state index contributed by atoms with van der Waals surface area (Å²) in [4.78, 5) is 0. The van der Waals surface area contributed by atoms with Gasteiger partial charge in [-0.2, -0.15) is 5.10 Å². The van der Waals surface area contributed by atoms with Crippen molar-refractivity contribution in [2.24, 2.45) is 11.7 Å². The molecule has 1 fully saturated rings. The Hall–Kier alpha value is -0.830. The van der Waals surface area contributed by atoms with Crippen LogP contribution in [-0.2, 0) is 6.54 Å². The maximum atomic E-state index is 5.69. The van der Waals surface area contributed by atoms with Crippen molar-refractivity contribution in [2.75, 3.05) is 0 Å². The number of rotatable bonds is 3. The van der Waals surface area contributed by atoms with E-state index in [4.69, 9.17) is 5.73 Å². The monoisotopic (exact) mass is 221 g/mol. The van der Waals surface area contributed by atoms with E-state index in [1.54, 1.807) is 0 Å². The van der Waals surface area contributed by atoms with Crippen LogP contribution in [0.4, 0.5) is 0 Å². The van der Waals surface area contributed by atoms with E-state index >= 15 is 0 Å². The second kappa shape index (κ2) is 5.00. The van der Waals surface area contributed by atoms with E-state index in [1.165, 1.54) is 37.7 Å². The van der Waals surface area contributed by atoms with Crippen LogP contribution in [0.5, 0.6) is 0 Å². The topological polar surface area (TPSA) is 43.8 Å². The van der Waals surface area contributed by atoms with E-state index in [1.807, 2.05) is 0 Å². The molecule has 2 rings (SSSR count). The lowest BCUT2D eigenvalue weighted by Gasteiger charge is -2.28. The van der Waals surface area contributed by atoms with Gasteiger partial charge in [-0.3, -0.25) is 4.68 Å². The normalized spacial score (nSPS) is 25.9. The van der Waals surface area contributed by atoms with Crippen LogP contribution in [0.1, 0.15) is 56.3 Å². The minimum Gasteiger partial charge on any atom is -0.326 e. The highest BCUT2D eigenvalue weighted by Crippen LogP contribution is 2.34. The number of aryl methyl sites for hydroxylation is 1. The van der Waals surface area contributed by atoms with Crippen molar-refractivity contribution in [3.63, 3.8) is 0 Å². The smallest absolute Gasteiger partial charge is 0.0638 e. The Kier molecular flexibility index (Phi) is 3.64. The predicted molar refractivity (Wildman–Crippen MR) is 66.1 cm³/mol. The molecule has 1 heterocycles. The van der Waals surface area contributed by atoms with Crippen molar-refractivity contribution in [3.8, 4) is 0 Å². The van der Waals surface area contributed by atoms with Gasteiger partial charge in [0, 0.05) is 18.3 Å². The molecule has 0 radical (unpaired) electrons. The first-order valence-corrected chi connectivity index (χ1v) is 6.49. The Morgan fingerprint density at radius 2 is 2.31 bits per heavy atom. The van der Waals surface area contributed by atoms with Crippen molar-refractivity contribution >= 4 is 0 Å². The molecule has 16 heavy (non-hydrogen) atoms. The summed E-state index contributed by atoms with van der Waals surface area (Å²) in [7, 11) is 0. The molecule has 2 N–H and O–H groups in total. The lowest BCUT2D eigenvalue weighted by molar-refractivity contribution is 0.247. The summed E-state index contributed by atoms with van der Waals surface area (Å²) in [6.45, 7) is 4.96. The van der Waals surface area contributed by atoms with E-state index in [2.05, 4.69) is 29.8 Å². The highest BCUT2D eigenvalue weighted by atomic mass is 15.3. The van der Waals surface area contributed by atoms with Crippen molar-refractivity contribution in [3.05, 3.63) is 17.5 Å². The van der Waals surface area contributed by atoms with Crippen LogP contribution in [0.3, 0.4) is 0 Å². The molecule has 0 amide bonds. The van der Waals surface area contributed by atoms with Gasteiger partial charge in [0.15, 0.2) is 0 Å². The van der Waals surface area contributed by atoms with E-state index in [0.717, 1.165) is 11.6 Å². The van der Waals surface area contributed by atoms with Crippen LogP contribution >= 0.6 is 0 Å². The molecule has 2 atom stereocenters. The fourth-order valence-electron chi connectivity index (χ4n) is 2.78. The minimum atomic E-state index is 0.607. The third-order valence-electron chi connectivity index (χ3n) is 3.94. The number of nitrogens with zero attached hydrogens (tertiary/aromatic N) is 2. The Balaban J connectivity index is 2.10. The number of nitrogens with two attached hydrogens (primary N) is 1. The first-order valence-electron chi connectivity index (χ1n) is 6.49. The van der Waals surface area contributed by atoms with Gasteiger partial charge >= 0.3 is 0 Å². The van der Waals surface area contributed by atoms with Crippen LogP contribution in [0, 0.1) is 12.8 Å². The van der Waals surface area contributed by atoms with Gasteiger partial charge in [0.25, 0.3) is 0 Å². The van der Waals surface area contributed by atoms with Gasteiger partial charge in [0.2, 0.25) is 0 Å². The molecule has 1 aliphatic carbocycles. The van der Waals surface area contributed by atoms with E-state index in [9.17, 15) is 0 Å². The second-order valence-electron chi connectivity index (χ2n) is 5.02. The molecule has 3 nitrogen and oxygen atoms in total. The van der Waals surface area contributed by atoms with Gasteiger partial charge in [0.05, 0.1) is 11.7 Å². The highest BCUT2D eigenvalue weighted by Gasteiger charge is 2.23.